The minimum absolute atomic E-state index is 0.0470. The minimum Gasteiger partial charge on any atom is -0.342 e. The third kappa shape index (κ3) is 5.32. The fraction of sp³-hybridized carbons (Fsp3) is 0.600. The summed E-state index contributed by atoms with van der Waals surface area (Å²) in [6.07, 6.45) is 3.56. The lowest BCUT2D eigenvalue weighted by Gasteiger charge is -2.33. The van der Waals surface area contributed by atoms with Crippen molar-refractivity contribution in [1.29, 1.82) is 0 Å². The Labute approximate surface area is 167 Å². The molecule has 1 aromatic carbocycles. The van der Waals surface area contributed by atoms with Gasteiger partial charge in [-0.1, -0.05) is 17.7 Å². The zero-order valence-corrected chi connectivity index (χ0v) is 17.2. The number of aryl methyl sites for hydroxylation is 1. The van der Waals surface area contributed by atoms with Gasteiger partial charge >= 0.3 is 0 Å². The van der Waals surface area contributed by atoms with Crippen molar-refractivity contribution in [3.63, 3.8) is 0 Å². The summed E-state index contributed by atoms with van der Waals surface area (Å²) in [6, 6.07) is 6.77. The van der Waals surface area contributed by atoms with E-state index in [1.54, 1.807) is 29.2 Å². The molecule has 1 unspecified atom stereocenters. The maximum atomic E-state index is 12.5. The highest BCUT2D eigenvalue weighted by Gasteiger charge is 2.26. The Hall–Kier alpha value is -1.93. The molecule has 0 spiro atoms. The van der Waals surface area contributed by atoms with Gasteiger partial charge in [0.05, 0.1) is 4.90 Å². The van der Waals surface area contributed by atoms with Gasteiger partial charge in [-0.05, 0) is 44.2 Å². The number of rotatable bonds is 7. The van der Waals surface area contributed by atoms with E-state index >= 15 is 0 Å². The Kier molecular flexibility index (Phi) is 6.72. The van der Waals surface area contributed by atoms with E-state index in [1.165, 1.54) is 0 Å². The predicted octanol–water partition coefficient (Wildman–Crippen LogP) is 1.52. The summed E-state index contributed by atoms with van der Waals surface area (Å²) in [5, 5.41) is 0. The van der Waals surface area contributed by atoms with E-state index in [-0.39, 0.29) is 22.6 Å². The van der Waals surface area contributed by atoms with E-state index in [0.29, 0.717) is 39.0 Å². The second kappa shape index (κ2) is 9.05. The number of sulfonamides is 1. The summed E-state index contributed by atoms with van der Waals surface area (Å²) in [5.74, 6) is 0.284. The summed E-state index contributed by atoms with van der Waals surface area (Å²) in [6.45, 7) is 4.73. The van der Waals surface area contributed by atoms with Gasteiger partial charge in [0.15, 0.2) is 0 Å². The van der Waals surface area contributed by atoms with Crippen molar-refractivity contribution in [2.75, 3.05) is 32.7 Å². The van der Waals surface area contributed by atoms with E-state index in [4.69, 9.17) is 0 Å². The lowest BCUT2D eigenvalue weighted by molar-refractivity contribution is -0.134. The number of carbonyl (C=O) groups excluding carboxylic acids is 2. The molecule has 7 nitrogen and oxygen atoms in total. The van der Waals surface area contributed by atoms with Crippen molar-refractivity contribution in [2.45, 2.75) is 43.9 Å². The van der Waals surface area contributed by atoms with E-state index in [0.717, 1.165) is 31.4 Å². The molecule has 0 radical (unpaired) electrons. The van der Waals surface area contributed by atoms with Gasteiger partial charge in [0.2, 0.25) is 21.8 Å². The largest absolute Gasteiger partial charge is 0.342 e. The number of hydrogen-bond donors (Lipinski definition) is 1. The zero-order valence-electron chi connectivity index (χ0n) is 16.4. The van der Waals surface area contributed by atoms with Crippen LogP contribution in [0.3, 0.4) is 0 Å². The number of benzene rings is 1. The van der Waals surface area contributed by atoms with Gasteiger partial charge in [0, 0.05) is 45.6 Å². The normalized spacial score (nSPS) is 20.6. The van der Waals surface area contributed by atoms with E-state index in [9.17, 15) is 18.0 Å². The van der Waals surface area contributed by atoms with E-state index in [1.807, 2.05) is 11.8 Å². The first kappa shape index (κ1) is 20.8. The first-order valence-electron chi connectivity index (χ1n) is 9.97. The van der Waals surface area contributed by atoms with Crippen LogP contribution in [-0.2, 0) is 19.6 Å². The third-order valence-electron chi connectivity index (χ3n) is 5.53. The van der Waals surface area contributed by atoms with Gasteiger partial charge in [0.25, 0.3) is 0 Å². The smallest absolute Gasteiger partial charge is 0.240 e. The van der Waals surface area contributed by atoms with Crippen molar-refractivity contribution in [3.8, 4) is 0 Å². The fourth-order valence-corrected chi connectivity index (χ4v) is 4.93. The maximum Gasteiger partial charge on any atom is 0.240 e. The Bertz CT molecular complexity index is 807. The van der Waals surface area contributed by atoms with Gasteiger partial charge in [0.1, 0.15) is 0 Å². The lowest BCUT2D eigenvalue weighted by Crippen LogP contribution is -2.44. The van der Waals surface area contributed by atoms with Crippen LogP contribution in [-0.4, -0.2) is 62.8 Å². The predicted molar refractivity (Wildman–Crippen MR) is 106 cm³/mol. The molecule has 3 rings (SSSR count). The van der Waals surface area contributed by atoms with Crippen molar-refractivity contribution in [3.05, 3.63) is 29.8 Å². The topological polar surface area (TPSA) is 86.8 Å². The molecule has 0 saturated carbocycles. The van der Waals surface area contributed by atoms with Crippen LogP contribution in [0.2, 0.25) is 0 Å². The first-order valence-corrected chi connectivity index (χ1v) is 11.5. The van der Waals surface area contributed by atoms with Crippen LogP contribution in [0, 0.1) is 12.8 Å². The average Bonchev–Trinajstić information content (AvgIpc) is 3.10. The number of nitrogens with zero attached hydrogens (tertiary/aromatic N) is 2. The van der Waals surface area contributed by atoms with Crippen LogP contribution in [0.4, 0.5) is 0 Å². The Balaban J connectivity index is 1.48. The molecule has 1 aromatic rings. The molecule has 1 atom stereocenters. The molecule has 1 N–H and O–H groups in total. The van der Waals surface area contributed by atoms with Crippen LogP contribution < -0.4 is 4.72 Å². The molecule has 8 heteroatoms. The SMILES string of the molecule is Cc1ccc(S(=O)(=O)NCC2CCCN(C(=O)CCN3CCCC3=O)C2)cc1. The lowest BCUT2D eigenvalue weighted by atomic mass is 9.98. The number of carbonyl (C=O) groups is 2. The van der Waals surface area contributed by atoms with Crippen molar-refractivity contribution in [1.82, 2.24) is 14.5 Å². The van der Waals surface area contributed by atoms with Crippen LogP contribution in [0.1, 0.15) is 37.7 Å². The quantitative estimate of drug-likeness (QED) is 0.743. The summed E-state index contributed by atoms with van der Waals surface area (Å²) in [5.41, 5.74) is 1.01. The average molecular weight is 408 g/mol. The van der Waals surface area contributed by atoms with Crippen molar-refractivity contribution < 1.29 is 18.0 Å². The molecule has 2 fully saturated rings. The van der Waals surface area contributed by atoms with Gasteiger partial charge in [-0.25, -0.2) is 13.1 Å². The first-order chi connectivity index (χ1) is 13.3. The molecule has 2 saturated heterocycles. The monoisotopic (exact) mass is 407 g/mol. The van der Waals surface area contributed by atoms with Gasteiger partial charge in [-0.15, -0.1) is 0 Å². The highest BCUT2D eigenvalue weighted by atomic mass is 32.2. The van der Waals surface area contributed by atoms with Crippen LogP contribution in [0.15, 0.2) is 29.2 Å². The summed E-state index contributed by atoms with van der Waals surface area (Å²) in [4.78, 5) is 28.0. The summed E-state index contributed by atoms with van der Waals surface area (Å²) >= 11 is 0. The molecule has 2 aliphatic rings. The number of amides is 2. The molecule has 2 heterocycles. The number of hydrogen-bond acceptors (Lipinski definition) is 4. The third-order valence-corrected chi connectivity index (χ3v) is 6.97. The molecule has 2 amide bonds. The van der Waals surface area contributed by atoms with Gasteiger partial charge < -0.3 is 9.80 Å². The highest BCUT2D eigenvalue weighted by Crippen LogP contribution is 2.19. The van der Waals surface area contributed by atoms with Crippen LogP contribution in [0.5, 0.6) is 0 Å². The summed E-state index contributed by atoms with van der Waals surface area (Å²) < 4.78 is 27.6. The Morgan fingerprint density at radius 3 is 2.61 bits per heavy atom. The number of nitrogens with one attached hydrogen (secondary N) is 1. The molecule has 0 aliphatic carbocycles. The van der Waals surface area contributed by atoms with Gasteiger partial charge in [-0.3, -0.25) is 9.59 Å². The Morgan fingerprint density at radius 1 is 1.18 bits per heavy atom. The molecule has 154 valence electrons. The maximum absolute atomic E-state index is 12.5. The fourth-order valence-electron chi connectivity index (χ4n) is 3.82. The van der Waals surface area contributed by atoms with Crippen molar-refractivity contribution in [2.24, 2.45) is 5.92 Å². The van der Waals surface area contributed by atoms with E-state index < -0.39 is 10.0 Å². The zero-order chi connectivity index (χ0) is 20.1. The minimum atomic E-state index is -3.54. The molecular weight excluding hydrogens is 378 g/mol. The molecule has 0 bridgehead atoms. The standard InChI is InChI=1S/C20H29N3O4S/c1-16-6-8-18(9-7-16)28(26,27)21-14-17-4-2-12-23(15-17)20(25)10-13-22-11-3-5-19(22)24/h6-9,17,21H,2-5,10-15H2,1H3. The molecule has 28 heavy (non-hydrogen) atoms. The molecule has 0 aromatic heterocycles. The molecular formula is C20H29N3O4S. The highest BCUT2D eigenvalue weighted by molar-refractivity contribution is 7.89. The molecule has 2 aliphatic heterocycles. The number of likely N-dealkylation sites (tertiary alicyclic amines) is 2. The van der Waals surface area contributed by atoms with Crippen LogP contribution in [0.25, 0.3) is 0 Å². The van der Waals surface area contributed by atoms with Crippen LogP contribution >= 0.6 is 0 Å². The number of piperidine rings is 1. The second-order valence-corrected chi connectivity index (χ2v) is 9.51. The van der Waals surface area contributed by atoms with Crippen molar-refractivity contribution >= 4 is 21.8 Å². The van der Waals surface area contributed by atoms with Gasteiger partial charge in [-0.2, -0.15) is 0 Å². The van der Waals surface area contributed by atoms with E-state index in [2.05, 4.69) is 4.72 Å². The summed E-state index contributed by atoms with van der Waals surface area (Å²) in [7, 11) is -3.54. The Morgan fingerprint density at radius 2 is 1.93 bits per heavy atom. The second-order valence-electron chi connectivity index (χ2n) is 7.75.